The molecule has 2 rings (SSSR count). The molecular formula is C35H29N7O4. The van der Waals surface area contributed by atoms with Crippen molar-refractivity contribution in [2.45, 2.75) is 20.8 Å². The molecule has 0 spiro atoms. The van der Waals surface area contributed by atoms with Crippen LogP contribution in [0, 0.1) is 47.1 Å². The summed E-state index contributed by atoms with van der Waals surface area (Å²) >= 11 is 0. The summed E-state index contributed by atoms with van der Waals surface area (Å²) in [6, 6.07) is 15.9. The summed E-state index contributed by atoms with van der Waals surface area (Å²) in [5, 5.41) is 56.7. The van der Waals surface area contributed by atoms with Crippen LogP contribution in [0.1, 0.15) is 52.6 Å². The topological polar surface area (TPSA) is 181 Å². The SMILES string of the molecule is CC[NH+](CC)CC.[C-]#[N+]C([N+]#[C-])=C(/C(C#N)=C/C=C/C(C#N)=C(/C(=C=[N-])C#N)c1ccc(C(=O)O)cc1)c1ccc(C(=O)O)cc1. The van der Waals surface area contributed by atoms with Gasteiger partial charge >= 0.3 is 17.8 Å². The average molecular weight is 612 g/mol. The lowest BCUT2D eigenvalue weighted by Gasteiger charge is -2.10. The van der Waals surface area contributed by atoms with E-state index in [0.29, 0.717) is 0 Å². The predicted molar refractivity (Wildman–Crippen MR) is 172 cm³/mol. The average Bonchev–Trinajstić information content (AvgIpc) is 3.08. The zero-order chi connectivity index (χ0) is 34.6. The predicted octanol–water partition coefficient (Wildman–Crippen LogP) is 5.19. The minimum Gasteiger partial charge on any atom is -0.762 e. The molecule has 0 amide bonds. The van der Waals surface area contributed by atoms with Gasteiger partial charge < -0.3 is 20.5 Å². The molecular weight excluding hydrogens is 582 g/mol. The molecule has 228 valence electrons. The Hall–Kier alpha value is -6.80. The van der Waals surface area contributed by atoms with Crippen molar-refractivity contribution in [1.29, 1.82) is 15.8 Å². The van der Waals surface area contributed by atoms with E-state index in [9.17, 15) is 30.8 Å². The molecule has 0 saturated heterocycles. The summed E-state index contributed by atoms with van der Waals surface area (Å²) in [5.74, 6) is -1.11. The highest BCUT2D eigenvalue weighted by Gasteiger charge is 2.21. The van der Waals surface area contributed by atoms with E-state index in [1.54, 1.807) is 16.8 Å². The zero-order valence-corrected chi connectivity index (χ0v) is 25.4. The first-order valence-electron chi connectivity index (χ1n) is 13.7. The number of nitriles is 3. The molecule has 0 fully saturated rings. The molecule has 0 aromatic heterocycles. The summed E-state index contributed by atoms with van der Waals surface area (Å²) in [5.41, 5.74) is -0.455. The van der Waals surface area contributed by atoms with Gasteiger partial charge in [0.25, 0.3) is 0 Å². The van der Waals surface area contributed by atoms with Gasteiger partial charge in [0.2, 0.25) is 0 Å². The summed E-state index contributed by atoms with van der Waals surface area (Å²) < 4.78 is 0. The Morgan fingerprint density at radius 1 is 0.783 bits per heavy atom. The second kappa shape index (κ2) is 19.4. The Bertz CT molecular complexity index is 1810. The van der Waals surface area contributed by atoms with E-state index in [-0.39, 0.29) is 44.5 Å². The Labute approximate surface area is 267 Å². The van der Waals surface area contributed by atoms with Crippen molar-refractivity contribution in [2.24, 2.45) is 0 Å². The number of nitrogens with one attached hydrogen (secondary N) is 1. The molecule has 0 aliphatic rings. The van der Waals surface area contributed by atoms with Crippen LogP contribution in [0.25, 0.3) is 26.2 Å². The quantitative estimate of drug-likeness (QED) is 0.135. The molecule has 0 unspecified atom stereocenters. The van der Waals surface area contributed by atoms with Crippen molar-refractivity contribution in [3.05, 3.63) is 140 Å². The third-order valence-electron chi connectivity index (χ3n) is 6.56. The second-order valence-corrected chi connectivity index (χ2v) is 9.05. The number of quaternary nitrogens is 1. The first-order valence-corrected chi connectivity index (χ1v) is 13.7. The maximum Gasteiger partial charge on any atom is 0.528 e. The highest BCUT2D eigenvalue weighted by Crippen LogP contribution is 2.30. The number of hydrogen-bond acceptors (Lipinski definition) is 5. The largest absolute Gasteiger partial charge is 0.762 e. The van der Waals surface area contributed by atoms with Crippen LogP contribution in [0.4, 0.5) is 0 Å². The highest BCUT2D eigenvalue weighted by atomic mass is 16.4. The number of carboxylic acids is 2. The van der Waals surface area contributed by atoms with Gasteiger partial charge in [-0.25, -0.2) is 15.5 Å². The molecule has 0 heterocycles. The number of aromatic carboxylic acids is 2. The van der Waals surface area contributed by atoms with Crippen LogP contribution in [0.15, 0.2) is 89.3 Å². The van der Waals surface area contributed by atoms with E-state index in [4.69, 9.17) is 23.4 Å². The zero-order valence-electron chi connectivity index (χ0n) is 25.4. The molecule has 2 aromatic carbocycles. The Morgan fingerprint density at radius 2 is 1.22 bits per heavy atom. The molecule has 0 aliphatic carbocycles. The van der Waals surface area contributed by atoms with Gasteiger partial charge in [-0.05, 0) is 68.3 Å². The standard InChI is InChI=1S/C29H13N6O4.C6H15N/c1-34-27(35-2)26(19-8-12-21(13-9-19)29(38)39)23(15-31)5-3-4-22(14-30)25(24(16-32)17-33)18-6-10-20(11-7-18)28(36)37;1-4-7(5-2)6-3/h3-13H,(H,36,37)(H,38,39);4-6H2,1-3H3/q-1;/p+1/b4-3+,23-5+,25-22-;. The first kappa shape index (κ1) is 37.2. The number of allylic oxidation sites excluding steroid dienone is 8. The van der Waals surface area contributed by atoms with Gasteiger partial charge in [-0.1, -0.05) is 30.3 Å². The Kier molecular flexibility index (Phi) is 15.7. The van der Waals surface area contributed by atoms with E-state index in [1.807, 2.05) is 12.1 Å². The van der Waals surface area contributed by atoms with Crippen LogP contribution >= 0.6 is 0 Å². The van der Waals surface area contributed by atoms with Gasteiger partial charge in [0.1, 0.15) is 19.2 Å². The molecule has 0 saturated carbocycles. The lowest BCUT2D eigenvalue weighted by atomic mass is 9.93. The third kappa shape index (κ3) is 10.2. The minimum absolute atomic E-state index is 0.0394. The van der Waals surface area contributed by atoms with Crippen molar-refractivity contribution in [3.63, 3.8) is 0 Å². The minimum atomic E-state index is -1.19. The summed E-state index contributed by atoms with van der Waals surface area (Å²) in [6.45, 7) is 25.1. The molecule has 11 heteroatoms. The molecule has 0 radical (unpaired) electrons. The third-order valence-corrected chi connectivity index (χ3v) is 6.56. The van der Waals surface area contributed by atoms with Gasteiger partial charge in [0, 0.05) is 5.57 Å². The molecule has 0 atom stereocenters. The van der Waals surface area contributed by atoms with E-state index in [2.05, 4.69) is 30.5 Å². The second-order valence-electron chi connectivity index (χ2n) is 9.05. The van der Waals surface area contributed by atoms with Crippen LogP contribution < -0.4 is 4.90 Å². The normalized spacial score (nSPS) is 10.7. The molecule has 3 N–H and O–H groups in total. The van der Waals surface area contributed by atoms with Crippen molar-refractivity contribution < 1.29 is 24.7 Å². The number of carbonyl (C=O) groups is 2. The molecule has 11 nitrogen and oxygen atoms in total. The summed E-state index contributed by atoms with van der Waals surface area (Å²) in [6.07, 6.45) is 3.69. The Balaban J connectivity index is 0.00000135. The van der Waals surface area contributed by atoms with Crippen LogP contribution in [0.5, 0.6) is 0 Å². The van der Waals surface area contributed by atoms with Gasteiger partial charge in [-0.15, -0.1) is 0 Å². The fraction of sp³-hybridized carbons (Fsp3) is 0.171. The number of hydrogen-bond donors (Lipinski definition) is 3. The maximum atomic E-state index is 11.2. The van der Waals surface area contributed by atoms with Gasteiger partial charge in [-0.2, -0.15) is 25.5 Å². The van der Waals surface area contributed by atoms with E-state index >= 15 is 0 Å². The number of benzene rings is 2. The van der Waals surface area contributed by atoms with Crippen molar-refractivity contribution in [3.8, 4) is 18.2 Å². The van der Waals surface area contributed by atoms with Crippen LogP contribution in [-0.2, 0) is 0 Å². The number of carboxylic acid groups (broad SMARTS) is 2. The van der Waals surface area contributed by atoms with Gasteiger partial charge in [-0.3, -0.25) is 0 Å². The first-order chi connectivity index (χ1) is 22.1. The number of nitrogens with zero attached hydrogens (tertiary/aromatic N) is 6. The fourth-order valence-electron chi connectivity index (χ4n) is 4.02. The summed E-state index contributed by atoms with van der Waals surface area (Å²) in [7, 11) is 0. The van der Waals surface area contributed by atoms with Crippen molar-refractivity contribution in [1.82, 2.24) is 0 Å². The lowest BCUT2D eigenvalue weighted by molar-refractivity contribution is -0.894. The van der Waals surface area contributed by atoms with E-state index in [1.165, 1.54) is 86.4 Å². The lowest BCUT2D eigenvalue weighted by Crippen LogP contribution is -3.11. The fourth-order valence-corrected chi connectivity index (χ4v) is 4.02. The number of rotatable bonds is 11. The molecule has 2 aromatic rings. The van der Waals surface area contributed by atoms with Crippen LogP contribution in [0.2, 0.25) is 0 Å². The Morgan fingerprint density at radius 3 is 1.52 bits per heavy atom. The smallest absolute Gasteiger partial charge is 0.528 e. The van der Waals surface area contributed by atoms with Crippen LogP contribution in [-0.4, -0.2) is 47.7 Å². The van der Waals surface area contributed by atoms with Crippen molar-refractivity contribution >= 4 is 29.0 Å². The highest BCUT2D eigenvalue weighted by molar-refractivity contribution is 5.98. The van der Waals surface area contributed by atoms with Gasteiger partial charge in [0.05, 0.1) is 65.2 Å². The monoisotopic (exact) mass is 611 g/mol. The van der Waals surface area contributed by atoms with Crippen LogP contribution in [0.3, 0.4) is 0 Å². The van der Waals surface area contributed by atoms with Crippen molar-refractivity contribution in [2.75, 3.05) is 19.6 Å². The van der Waals surface area contributed by atoms with E-state index < -0.39 is 23.3 Å². The van der Waals surface area contributed by atoms with Gasteiger partial charge in [0.15, 0.2) is 0 Å². The molecule has 0 aliphatic heterocycles. The molecule has 0 bridgehead atoms. The maximum absolute atomic E-state index is 11.2. The summed E-state index contributed by atoms with van der Waals surface area (Å²) in [4.78, 5) is 30.3. The molecule has 46 heavy (non-hydrogen) atoms. The van der Waals surface area contributed by atoms with E-state index in [0.717, 1.165) is 0 Å².